The normalized spacial score (nSPS) is 16.0. The molecule has 3 rings (SSSR count). The standard InChI is InChI=1S/C22H29BrN4O/c1-24-22(25-15-18-5-3-4-6-21(18)28-2)26-20-11-13-27(14-12-20)16-17-7-9-19(23)10-8-17/h3-10,20H,11-16H2,1-2H3,(H2,24,25,26). The number of rotatable bonds is 6. The van der Waals surface area contributed by atoms with Crippen LogP contribution in [0.5, 0.6) is 5.75 Å². The number of para-hydroxylation sites is 1. The summed E-state index contributed by atoms with van der Waals surface area (Å²) in [7, 11) is 3.52. The molecule has 0 unspecified atom stereocenters. The number of ether oxygens (including phenoxy) is 1. The van der Waals surface area contributed by atoms with Gasteiger partial charge in [-0.1, -0.05) is 46.3 Å². The monoisotopic (exact) mass is 444 g/mol. The molecule has 2 aromatic carbocycles. The Kier molecular flexibility index (Phi) is 7.74. The lowest BCUT2D eigenvalue weighted by Gasteiger charge is -2.33. The van der Waals surface area contributed by atoms with E-state index in [0.29, 0.717) is 12.6 Å². The van der Waals surface area contributed by atoms with Crippen molar-refractivity contribution in [3.8, 4) is 5.75 Å². The Balaban J connectivity index is 1.44. The van der Waals surface area contributed by atoms with Crippen LogP contribution in [0.25, 0.3) is 0 Å². The number of methoxy groups -OCH3 is 1. The Hall–Kier alpha value is -2.05. The van der Waals surface area contributed by atoms with Crippen molar-refractivity contribution in [1.82, 2.24) is 15.5 Å². The molecule has 0 saturated carbocycles. The molecule has 1 saturated heterocycles. The van der Waals surface area contributed by atoms with E-state index in [0.717, 1.165) is 54.2 Å². The van der Waals surface area contributed by atoms with Crippen LogP contribution >= 0.6 is 15.9 Å². The first kappa shape index (κ1) is 20.7. The number of halogens is 1. The van der Waals surface area contributed by atoms with Gasteiger partial charge in [-0.2, -0.15) is 0 Å². The lowest BCUT2D eigenvalue weighted by molar-refractivity contribution is 0.198. The molecule has 0 atom stereocenters. The van der Waals surface area contributed by atoms with Crippen molar-refractivity contribution < 1.29 is 4.74 Å². The second-order valence-corrected chi connectivity index (χ2v) is 7.97. The molecule has 0 amide bonds. The van der Waals surface area contributed by atoms with Crippen LogP contribution in [0.3, 0.4) is 0 Å². The quantitative estimate of drug-likeness (QED) is 0.525. The Morgan fingerprint density at radius 2 is 1.86 bits per heavy atom. The highest BCUT2D eigenvalue weighted by atomic mass is 79.9. The number of piperidine rings is 1. The van der Waals surface area contributed by atoms with Crippen LogP contribution in [0, 0.1) is 0 Å². The van der Waals surface area contributed by atoms with Crippen LogP contribution in [-0.2, 0) is 13.1 Å². The van der Waals surface area contributed by atoms with Crippen molar-refractivity contribution in [3.63, 3.8) is 0 Å². The molecule has 0 aromatic heterocycles. The first-order chi connectivity index (χ1) is 13.7. The second kappa shape index (κ2) is 10.5. The summed E-state index contributed by atoms with van der Waals surface area (Å²) in [5.74, 6) is 1.74. The number of aliphatic imine (C=N–C) groups is 1. The predicted octanol–water partition coefficient (Wildman–Crippen LogP) is 3.79. The van der Waals surface area contributed by atoms with E-state index in [1.165, 1.54) is 5.56 Å². The van der Waals surface area contributed by atoms with Gasteiger partial charge in [0.25, 0.3) is 0 Å². The van der Waals surface area contributed by atoms with Gasteiger partial charge in [-0.05, 0) is 36.6 Å². The zero-order chi connectivity index (χ0) is 19.8. The Morgan fingerprint density at radius 1 is 1.14 bits per heavy atom. The number of nitrogens with zero attached hydrogens (tertiary/aromatic N) is 2. The molecule has 0 spiro atoms. The predicted molar refractivity (Wildman–Crippen MR) is 119 cm³/mol. The molecule has 0 aliphatic carbocycles. The maximum Gasteiger partial charge on any atom is 0.191 e. The van der Waals surface area contributed by atoms with Gasteiger partial charge in [-0.25, -0.2) is 0 Å². The minimum Gasteiger partial charge on any atom is -0.496 e. The molecular weight excluding hydrogens is 416 g/mol. The Bertz CT molecular complexity index is 770. The molecule has 6 heteroatoms. The van der Waals surface area contributed by atoms with E-state index in [-0.39, 0.29) is 0 Å². The van der Waals surface area contributed by atoms with E-state index >= 15 is 0 Å². The van der Waals surface area contributed by atoms with Gasteiger partial charge >= 0.3 is 0 Å². The highest BCUT2D eigenvalue weighted by Gasteiger charge is 2.20. The summed E-state index contributed by atoms with van der Waals surface area (Å²) >= 11 is 3.50. The first-order valence-corrected chi connectivity index (χ1v) is 10.5. The van der Waals surface area contributed by atoms with Crippen LogP contribution in [0.15, 0.2) is 58.0 Å². The van der Waals surface area contributed by atoms with Gasteiger partial charge in [0.1, 0.15) is 5.75 Å². The van der Waals surface area contributed by atoms with Crippen LogP contribution in [0.4, 0.5) is 0 Å². The highest BCUT2D eigenvalue weighted by molar-refractivity contribution is 9.10. The van der Waals surface area contributed by atoms with Crippen molar-refractivity contribution in [2.75, 3.05) is 27.2 Å². The number of guanidine groups is 1. The third kappa shape index (κ3) is 5.97. The van der Waals surface area contributed by atoms with Gasteiger partial charge in [-0.3, -0.25) is 9.89 Å². The van der Waals surface area contributed by atoms with E-state index in [9.17, 15) is 0 Å². The molecule has 1 heterocycles. The van der Waals surface area contributed by atoms with Crippen LogP contribution in [0.1, 0.15) is 24.0 Å². The number of hydrogen-bond acceptors (Lipinski definition) is 3. The summed E-state index contributed by atoms with van der Waals surface area (Å²) in [6.07, 6.45) is 2.23. The molecule has 28 heavy (non-hydrogen) atoms. The number of nitrogens with one attached hydrogen (secondary N) is 2. The molecular formula is C22H29BrN4O. The maximum atomic E-state index is 5.42. The lowest BCUT2D eigenvalue weighted by atomic mass is 10.0. The molecule has 1 aliphatic rings. The topological polar surface area (TPSA) is 48.9 Å². The summed E-state index contributed by atoms with van der Waals surface area (Å²) in [5, 5.41) is 6.98. The first-order valence-electron chi connectivity index (χ1n) is 9.74. The third-order valence-electron chi connectivity index (χ3n) is 5.11. The molecule has 150 valence electrons. The van der Waals surface area contributed by atoms with Crippen molar-refractivity contribution >= 4 is 21.9 Å². The summed E-state index contributed by atoms with van der Waals surface area (Å²) < 4.78 is 6.55. The van der Waals surface area contributed by atoms with Crippen molar-refractivity contribution in [2.24, 2.45) is 4.99 Å². The molecule has 1 fully saturated rings. The number of likely N-dealkylation sites (tertiary alicyclic amines) is 1. The molecule has 5 nitrogen and oxygen atoms in total. The smallest absolute Gasteiger partial charge is 0.191 e. The largest absolute Gasteiger partial charge is 0.496 e. The average molecular weight is 445 g/mol. The van der Waals surface area contributed by atoms with Gasteiger partial charge in [0, 0.05) is 49.3 Å². The Labute approximate surface area is 176 Å². The molecule has 0 radical (unpaired) electrons. The van der Waals surface area contributed by atoms with Gasteiger partial charge in [0.05, 0.1) is 7.11 Å². The van der Waals surface area contributed by atoms with E-state index in [1.807, 2.05) is 25.2 Å². The molecule has 0 bridgehead atoms. The summed E-state index contributed by atoms with van der Waals surface area (Å²) in [6, 6.07) is 17.1. The highest BCUT2D eigenvalue weighted by Crippen LogP contribution is 2.18. The maximum absolute atomic E-state index is 5.42. The zero-order valence-electron chi connectivity index (χ0n) is 16.6. The fourth-order valence-electron chi connectivity index (χ4n) is 3.50. The molecule has 2 N–H and O–H groups in total. The van der Waals surface area contributed by atoms with Gasteiger partial charge in [0.15, 0.2) is 5.96 Å². The fourth-order valence-corrected chi connectivity index (χ4v) is 3.76. The van der Waals surface area contributed by atoms with E-state index in [4.69, 9.17) is 4.74 Å². The van der Waals surface area contributed by atoms with Gasteiger partial charge in [-0.15, -0.1) is 0 Å². The average Bonchev–Trinajstić information content (AvgIpc) is 2.74. The fraction of sp³-hybridized carbons (Fsp3) is 0.409. The van der Waals surface area contributed by atoms with Crippen LogP contribution in [-0.4, -0.2) is 44.1 Å². The van der Waals surface area contributed by atoms with E-state index in [1.54, 1.807) is 7.11 Å². The van der Waals surface area contributed by atoms with Gasteiger partial charge < -0.3 is 15.4 Å². The summed E-state index contributed by atoms with van der Waals surface area (Å²) in [6.45, 7) is 3.89. The lowest BCUT2D eigenvalue weighted by Crippen LogP contribution is -2.48. The molecule has 2 aromatic rings. The number of benzene rings is 2. The van der Waals surface area contributed by atoms with Crippen LogP contribution < -0.4 is 15.4 Å². The number of hydrogen-bond donors (Lipinski definition) is 2. The SMILES string of the molecule is CN=C(NCc1ccccc1OC)NC1CCN(Cc2ccc(Br)cc2)CC1. The van der Waals surface area contributed by atoms with Crippen molar-refractivity contribution in [2.45, 2.75) is 32.0 Å². The van der Waals surface area contributed by atoms with Crippen molar-refractivity contribution in [1.29, 1.82) is 0 Å². The summed E-state index contributed by atoms with van der Waals surface area (Å²) in [5.41, 5.74) is 2.49. The Morgan fingerprint density at radius 3 is 2.54 bits per heavy atom. The molecule has 1 aliphatic heterocycles. The van der Waals surface area contributed by atoms with Gasteiger partial charge in [0.2, 0.25) is 0 Å². The van der Waals surface area contributed by atoms with E-state index < -0.39 is 0 Å². The summed E-state index contributed by atoms with van der Waals surface area (Å²) in [4.78, 5) is 6.90. The van der Waals surface area contributed by atoms with E-state index in [2.05, 4.69) is 66.8 Å². The van der Waals surface area contributed by atoms with Crippen LogP contribution in [0.2, 0.25) is 0 Å². The van der Waals surface area contributed by atoms with Crippen molar-refractivity contribution in [3.05, 3.63) is 64.1 Å². The minimum atomic E-state index is 0.449. The minimum absolute atomic E-state index is 0.449. The second-order valence-electron chi connectivity index (χ2n) is 7.06. The third-order valence-corrected chi connectivity index (χ3v) is 5.64. The zero-order valence-corrected chi connectivity index (χ0v) is 18.2.